The Morgan fingerprint density at radius 2 is 1.88 bits per heavy atom. The Morgan fingerprint density at radius 1 is 1.18 bits per heavy atom. The lowest BCUT2D eigenvalue weighted by Crippen LogP contribution is -2.22. The van der Waals surface area contributed by atoms with E-state index in [2.05, 4.69) is 56.4 Å². The summed E-state index contributed by atoms with van der Waals surface area (Å²) in [6.07, 6.45) is 1.23. The molecule has 96 valence electrons. The predicted molar refractivity (Wildman–Crippen MR) is 77.0 cm³/mol. The minimum atomic E-state index is -0.324. The fraction of sp³-hybridized carbons (Fsp3) is 0.571. The Hall–Kier alpha value is -0.643. The molecule has 0 aliphatic heterocycles. The SMILES string of the molecule is CC(C)(C)O[SiH2]CCCNCc1ccccc1. The molecule has 0 bridgehead atoms. The van der Waals surface area contributed by atoms with Crippen LogP contribution < -0.4 is 5.32 Å². The van der Waals surface area contributed by atoms with Gasteiger partial charge in [0.1, 0.15) is 0 Å². The van der Waals surface area contributed by atoms with E-state index in [1.165, 1.54) is 18.0 Å². The van der Waals surface area contributed by atoms with Gasteiger partial charge in [0.2, 0.25) is 0 Å². The Morgan fingerprint density at radius 3 is 2.53 bits per heavy atom. The highest BCUT2D eigenvalue weighted by molar-refractivity contribution is 6.27. The van der Waals surface area contributed by atoms with Gasteiger partial charge in [-0.05, 0) is 45.3 Å². The predicted octanol–water partition coefficient (Wildman–Crippen LogP) is 2.48. The highest BCUT2D eigenvalue weighted by atomic mass is 28.2. The lowest BCUT2D eigenvalue weighted by Gasteiger charge is -2.19. The molecule has 0 aliphatic carbocycles. The fourth-order valence-electron chi connectivity index (χ4n) is 1.56. The van der Waals surface area contributed by atoms with Crippen LogP contribution in [0.4, 0.5) is 0 Å². The molecule has 0 unspecified atom stereocenters. The van der Waals surface area contributed by atoms with Gasteiger partial charge in [0.25, 0.3) is 0 Å². The molecule has 0 aromatic heterocycles. The molecule has 0 spiro atoms. The molecule has 1 aromatic carbocycles. The van der Waals surface area contributed by atoms with Crippen molar-refractivity contribution in [2.75, 3.05) is 6.54 Å². The maximum Gasteiger partial charge on any atom is 0.162 e. The zero-order valence-electron chi connectivity index (χ0n) is 11.3. The molecule has 0 atom stereocenters. The second kappa shape index (κ2) is 7.64. The zero-order chi connectivity index (χ0) is 12.6. The van der Waals surface area contributed by atoms with Crippen LogP contribution in [0.2, 0.25) is 6.04 Å². The first-order chi connectivity index (χ1) is 8.08. The van der Waals surface area contributed by atoms with Gasteiger partial charge in [0, 0.05) is 12.1 Å². The van der Waals surface area contributed by atoms with Gasteiger partial charge >= 0.3 is 0 Å². The molecule has 1 rings (SSSR count). The van der Waals surface area contributed by atoms with Crippen LogP contribution >= 0.6 is 0 Å². The number of hydrogen-bond acceptors (Lipinski definition) is 2. The molecule has 0 saturated carbocycles. The molecule has 3 heteroatoms. The van der Waals surface area contributed by atoms with Crippen molar-refractivity contribution in [3.05, 3.63) is 35.9 Å². The van der Waals surface area contributed by atoms with Crippen LogP contribution in [0.5, 0.6) is 0 Å². The summed E-state index contributed by atoms with van der Waals surface area (Å²) >= 11 is 0. The molecule has 1 aromatic rings. The molecule has 0 fully saturated rings. The average Bonchev–Trinajstić information content (AvgIpc) is 2.28. The van der Waals surface area contributed by atoms with Crippen molar-refractivity contribution in [2.24, 2.45) is 0 Å². The largest absolute Gasteiger partial charge is 0.419 e. The zero-order valence-corrected chi connectivity index (χ0v) is 12.7. The average molecular weight is 251 g/mol. The second-order valence-corrected chi connectivity index (χ2v) is 6.73. The molecule has 17 heavy (non-hydrogen) atoms. The van der Waals surface area contributed by atoms with Gasteiger partial charge in [0.05, 0.1) is 0 Å². The van der Waals surface area contributed by atoms with Gasteiger partial charge in [-0.15, -0.1) is 0 Å². The maximum absolute atomic E-state index is 5.81. The molecular weight excluding hydrogens is 226 g/mol. The Balaban J connectivity index is 1.95. The highest BCUT2D eigenvalue weighted by Gasteiger charge is 2.08. The van der Waals surface area contributed by atoms with Crippen LogP contribution in [0.15, 0.2) is 30.3 Å². The summed E-state index contributed by atoms with van der Waals surface area (Å²) in [6.45, 7) is 8.47. The van der Waals surface area contributed by atoms with Crippen LogP contribution in [0.1, 0.15) is 32.8 Å². The Bertz CT molecular complexity index is 295. The number of rotatable bonds is 7. The summed E-state index contributed by atoms with van der Waals surface area (Å²) in [5, 5.41) is 3.47. The second-order valence-electron chi connectivity index (χ2n) is 5.33. The van der Waals surface area contributed by atoms with E-state index in [9.17, 15) is 0 Å². The first kappa shape index (κ1) is 14.4. The van der Waals surface area contributed by atoms with Crippen molar-refractivity contribution in [3.63, 3.8) is 0 Å². The van der Waals surface area contributed by atoms with E-state index in [-0.39, 0.29) is 15.4 Å². The fourth-order valence-corrected chi connectivity index (χ4v) is 2.77. The smallest absolute Gasteiger partial charge is 0.162 e. The summed E-state index contributed by atoms with van der Waals surface area (Å²) in [4.78, 5) is 0. The minimum Gasteiger partial charge on any atom is -0.419 e. The van der Waals surface area contributed by atoms with E-state index in [1.807, 2.05) is 0 Å². The maximum atomic E-state index is 5.81. The van der Waals surface area contributed by atoms with Crippen molar-refractivity contribution >= 4 is 9.76 Å². The Labute approximate surface area is 108 Å². The lowest BCUT2D eigenvalue weighted by molar-refractivity contribution is 0.138. The van der Waals surface area contributed by atoms with E-state index in [0.29, 0.717) is 0 Å². The molecule has 2 nitrogen and oxygen atoms in total. The normalized spacial score (nSPS) is 12.4. The molecule has 1 N–H and O–H groups in total. The summed E-state index contributed by atoms with van der Waals surface area (Å²) in [5.41, 5.74) is 1.42. The first-order valence-corrected chi connectivity index (χ1v) is 8.04. The van der Waals surface area contributed by atoms with E-state index in [4.69, 9.17) is 4.43 Å². The van der Waals surface area contributed by atoms with E-state index in [1.54, 1.807) is 0 Å². The van der Waals surface area contributed by atoms with Crippen LogP contribution in [-0.4, -0.2) is 21.9 Å². The summed E-state index contributed by atoms with van der Waals surface area (Å²) < 4.78 is 5.81. The van der Waals surface area contributed by atoms with Crippen LogP contribution in [0.25, 0.3) is 0 Å². The monoisotopic (exact) mass is 251 g/mol. The quantitative estimate of drug-likeness (QED) is 0.594. The molecular formula is C14H25NOSi. The lowest BCUT2D eigenvalue weighted by atomic mass is 10.2. The van der Waals surface area contributed by atoms with Crippen LogP contribution in [-0.2, 0) is 11.0 Å². The summed E-state index contributed by atoms with van der Waals surface area (Å²) in [7, 11) is -0.324. The van der Waals surface area contributed by atoms with Gasteiger partial charge in [-0.2, -0.15) is 0 Å². The van der Waals surface area contributed by atoms with E-state index >= 15 is 0 Å². The van der Waals surface area contributed by atoms with E-state index in [0.717, 1.165) is 13.1 Å². The van der Waals surface area contributed by atoms with Crippen molar-refractivity contribution < 1.29 is 4.43 Å². The summed E-state index contributed by atoms with van der Waals surface area (Å²) in [6, 6.07) is 11.8. The van der Waals surface area contributed by atoms with Gasteiger partial charge in [0.15, 0.2) is 9.76 Å². The van der Waals surface area contributed by atoms with E-state index < -0.39 is 0 Å². The van der Waals surface area contributed by atoms with Crippen molar-refractivity contribution in [1.29, 1.82) is 0 Å². The third-order valence-corrected chi connectivity index (χ3v) is 4.31. The third-order valence-electron chi connectivity index (χ3n) is 2.45. The molecule has 0 amide bonds. The van der Waals surface area contributed by atoms with Gasteiger partial charge in [-0.25, -0.2) is 0 Å². The van der Waals surface area contributed by atoms with Crippen LogP contribution in [0.3, 0.4) is 0 Å². The van der Waals surface area contributed by atoms with Crippen molar-refractivity contribution in [3.8, 4) is 0 Å². The molecule has 0 saturated heterocycles. The number of nitrogens with one attached hydrogen (secondary N) is 1. The van der Waals surface area contributed by atoms with Crippen molar-refractivity contribution in [1.82, 2.24) is 5.32 Å². The number of hydrogen-bond donors (Lipinski definition) is 1. The topological polar surface area (TPSA) is 21.3 Å². The van der Waals surface area contributed by atoms with Crippen LogP contribution in [0, 0.1) is 0 Å². The number of benzene rings is 1. The van der Waals surface area contributed by atoms with Gasteiger partial charge in [-0.3, -0.25) is 0 Å². The molecule has 0 radical (unpaired) electrons. The van der Waals surface area contributed by atoms with Crippen molar-refractivity contribution in [2.45, 2.75) is 45.4 Å². The standard InChI is InChI=1S/C14H25NOSi/c1-14(2,3)16-17-11-7-10-15-12-13-8-5-4-6-9-13/h4-6,8-9,15H,7,10-12,17H2,1-3H3. The highest BCUT2D eigenvalue weighted by Crippen LogP contribution is 2.06. The third kappa shape index (κ3) is 8.13. The molecule has 0 aliphatic rings. The first-order valence-electron chi connectivity index (χ1n) is 6.46. The molecule has 0 heterocycles. The Kier molecular flexibility index (Phi) is 6.48. The minimum absolute atomic E-state index is 0.0592. The van der Waals surface area contributed by atoms with Gasteiger partial charge < -0.3 is 9.74 Å². The van der Waals surface area contributed by atoms with Gasteiger partial charge in [-0.1, -0.05) is 30.3 Å². The summed E-state index contributed by atoms with van der Waals surface area (Å²) in [5.74, 6) is 0.